The van der Waals surface area contributed by atoms with Gasteiger partial charge >= 0.3 is 0 Å². The summed E-state index contributed by atoms with van der Waals surface area (Å²) >= 11 is 0. The van der Waals surface area contributed by atoms with Crippen molar-refractivity contribution in [2.24, 2.45) is 11.3 Å². The third-order valence-electron chi connectivity index (χ3n) is 3.50. The van der Waals surface area contributed by atoms with Crippen LogP contribution in [0.5, 0.6) is 0 Å². The first-order valence-corrected chi connectivity index (χ1v) is 6.26. The number of nitrogens with zero attached hydrogens (tertiary/aromatic N) is 2. The Morgan fingerprint density at radius 2 is 1.73 bits per heavy atom. The van der Waals surface area contributed by atoms with E-state index in [1.807, 2.05) is 0 Å². The quantitative estimate of drug-likeness (QED) is 0.608. The van der Waals surface area contributed by atoms with Crippen molar-refractivity contribution in [2.45, 2.75) is 33.6 Å². The van der Waals surface area contributed by atoms with Gasteiger partial charge in [0.25, 0.3) is 0 Å². The third kappa shape index (κ3) is 4.98. The smallest absolute Gasteiger partial charge is 0.00301 e. The summed E-state index contributed by atoms with van der Waals surface area (Å²) in [4.78, 5) is 4.77. The fourth-order valence-corrected chi connectivity index (χ4v) is 2.54. The van der Waals surface area contributed by atoms with Gasteiger partial charge in [0.2, 0.25) is 0 Å². The molecule has 0 aromatic rings. The van der Waals surface area contributed by atoms with Crippen LogP contribution in [0.25, 0.3) is 0 Å². The SMILES string of the molecule is CN1CCC(C)(C)C1.C[C@@H]1CCN(C)C1. The van der Waals surface area contributed by atoms with Gasteiger partial charge in [-0.05, 0) is 51.4 Å². The molecule has 90 valence electrons. The summed E-state index contributed by atoms with van der Waals surface area (Å²) in [5.74, 6) is 0.949. The number of hydrogen-bond acceptors (Lipinski definition) is 2. The van der Waals surface area contributed by atoms with E-state index in [2.05, 4.69) is 44.7 Å². The van der Waals surface area contributed by atoms with Crippen LogP contribution in [-0.4, -0.2) is 50.1 Å². The fourth-order valence-electron chi connectivity index (χ4n) is 2.54. The van der Waals surface area contributed by atoms with Gasteiger partial charge in [0, 0.05) is 13.1 Å². The summed E-state index contributed by atoms with van der Waals surface area (Å²) in [5.41, 5.74) is 0.592. The molecule has 2 heteroatoms. The predicted molar refractivity (Wildman–Crippen MR) is 67.2 cm³/mol. The van der Waals surface area contributed by atoms with E-state index in [1.54, 1.807) is 0 Å². The van der Waals surface area contributed by atoms with Crippen LogP contribution in [0.3, 0.4) is 0 Å². The molecule has 0 unspecified atom stereocenters. The van der Waals surface area contributed by atoms with Crippen molar-refractivity contribution < 1.29 is 0 Å². The second-order valence-electron chi connectivity index (χ2n) is 6.31. The zero-order valence-corrected chi connectivity index (χ0v) is 11.2. The second-order valence-corrected chi connectivity index (χ2v) is 6.31. The summed E-state index contributed by atoms with van der Waals surface area (Å²) < 4.78 is 0. The predicted octanol–water partition coefficient (Wildman–Crippen LogP) is 2.31. The molecule has 2 rings (SSSR count). The molecule has 2 saturated heterocycles. The largest absolute Gasteiger partial charge is 0.306 e. The molecule has 2 fully saturated rings. The van der Waals surface area contributed by atoms with Crippen LogP contribution in [0.4, 0.5) is 0 Å². The van der Waals surface area contributed by atoms with Gasteiger partial charge in [-0.25, -0.2) is 0 Å². The van der Waals surface area contributed by atoms with E-state index >= 15 is 0 Å². The highest BCUT2D eigenvalue weighted by molar-refractivity contribution is 4.79. The number of rotatable bonds is 0. The molecule has 0 aromatic heterocycles. The Morgan fingerprint density at radius 1 is 1.07 bits per heavy atom. The van der Waals surface area contributed by atoms with Crippen molar-refractivity contribution in [3.05, 3.63) is 0 Å². The normalized spacial score (nSPS) is 31.4. The van der Waals surface area contributed by atoms with Crippen molar-refractivity contribution >= 4 is 0 Å². The highest BCUT2D eigenvalue weighted by Crippen LogP contribution is 2.27. The van der Waals surface area contributed by atoms with Crippen LogP contribution in [0.1, 0.15) is 33.6 Å². The standard InChI is InChI=1S/C7H15N.C6H13N/c1-7(2)4-5-8(3)6-7;1-6-3-4-7(2)5-6/h4-6H2,1-3H3;6H,3-5H2,1-2H3/t;6-/m.1/s1. The molecule has 2 aliphatic heterocycles. The van der Waals surface area contributed by atoms with Crippen LogP contribution in [0.15, 0.2) is 0 Å². The molecular formula is C13H28N2. The van der Waals surface area contributed by atoms with Crippen molar-refractivity contribution in [3.8, 4) is 0 Å². The van der Waals surface area contributed by atoms with Crippen molar-refractivity contribution in [1.29, 1.82) is 0 Å². The van der Waals surface area contributed by atoms with Crippen LogP contribution in [-0.2, 0) is 0 Å². The molecule has 0 aliphatic carbocycles. The van der Waals surface area contributed by atoms with E-state index in [0.717, 1.165) is 5.92 Å². The Kier molecular flexibility index (Phi) is 4.60. The monoisotopic (exact) mass is 212 g/mol. The van der Waals surface area contributed by atoms with Gasteiger partial charge in [0.1, 0.15) is 0 Å². The molecule has 2 aliphatic rings. The molecule has 0 saturated carbocycles. The van der Waals surface area contributed by atoms with Gasteiger partial charge < -0.3 is 9.80 Å². The molecule has 0 aromatic carbocycles. The minimum Gasteiger partial charge on any atom is -0.306 e. The molecule has 15 heavy (non-hydrogen) atoms. The third-order valence-corrected chi connectivity index (χ3v) is 3.50. The average Bonchev–Trinajstić information content (AvgIpc) is 2.59. The van der Waals surface area contributed by atoms with Crippen molar-refractivity contribution in [2.75, 3.05) is 40.3 Å². The highest BCUT2D eigenvalue weighted by Gasteiger charge is 2.26. The van der Waals surface area contributed by atoms with Gasteiger partial charge in [0.05, 0.1) is 0 Å². The Labute approximate surface area is 95.6 Å². The molecule has 0 radical (unpaired) electrons. The Balaban J connectivity index is 0.000000151. The van der Waals surface area contributed by atoms with Gasteiger partial charge in [-0.2, -0.15) is 0 Å². The Bertz CT molecular complexity index is 181. The summed E-state index contributed by atoms with van der Waals surface area (Å²) in [7, 11) is 4.37. The van der Waals surface area contributed by atoms with E-state index in [1.165, 1.54) is 39.0 Å². The molecule has 0 bridgehead atoms. The number of hydrogen-bond donors (Lipinski definition) is 0. The number of likely N-dealkylation sites (tertiary alicyclic amines) is 2. The zero-order valence-electron chi connectivity index (χ0n) is 11.2. The summed E-state index contributed by atoms with van der Waals surface area (Å²) in [6, 6.07) is 0. The summed E-state index contributed by atoms with van der Waals surface area (Å²) in [6.07, 6.45) is 2.76. The molecule has 0 spiro atoms. The van der Waals surface area contributed by atoms with Gasteiger partial charge in [0.15, 0.2) is 0 Å². The molecule has 2 nitrogen and oxygen atoms in total. The van der Waals surface area contributed by atoms with Crippen molar-refractivity contribution in [1.82, 2.24) is 9.80 Å². The van der Waals surface area contributed by atoms with Gasteiger partial charge in [-0.1, -0.05) is 20.8 Å². The maximum atomic E-state index is 2.39. The lowest BCUT2D eigenvalue weighted by Crippen LogP contribution is -2.18. The molecule has 0 amide bonds. The molecule has 1 atom stereocenters. The van der Waals surface area contributed by atoms with Gasteiger partial charge in [-0.15, -0.1) is 0 Å². The van der Waals surface area contributed by atoms with E-state index < -0.39 is 0 Å². The van der Waals surface area contributed by atoms with E-state index in [4.69, 9.17) is 0 Å². The maximum absolute atomic E-state index is 2.39. The lowest BCUT2D eigenvalue weighted by molar-refractivity contribution is 0.337. The fraction of sp³-hybridized carbons (Fsp3) is 1.00. The van der Waals surface area contributed by atoms with Crippen molar-refractivity contribution in [3.63, 3.8) is 0 Å². The average molecular weight is 212 g/mol. The second kappa shape index (κ2) is 5.31. The topological polar surface area (TPSA) is 6.48 Å². The van der Waals surface area contributed by atoms with E-state index in [9.17, 15) is 0 Å². The minimum atomic E-state index is 0.592. The summed E-state index contributed by atoms with van der Waals surface area (Å²) in [6.45, 7) is 12.1. The highest BCUT2D eigenvalue weighted by atomic mass is 15.1. The van der Waals surface area contributed by atoms with Crippen LogP contribution < -0.4 is 0 Å². The molecular weight excluding hydrogens is 184 g/mol. The first kappa shape index (κ1) is 13.0. The van der Waals surface area contributed by atoms with E-state index in [0.29, 0.717) is 5.41 Å². The molecule has 0 N–H and O–H groups in total. The Morgan fingerprint density at radius 3 is 1.87 bits per heavy atom. The van der Waals surface area contributed by atoms with Crippen LogP contribution in [0.2, 0.25) is 0 Å². The summed E-state index contributed by atoms with van der Waals surface area (Å²) in [5, 5.41) is 0. The Hall–Kier alpha value is -0.0800. The first-order valence-electron chi connectivity index (χ1n) is 6.26. The van der Waals surface area contributed by atoms with Gasteiger partial charge in [-0.3, -0.25) is 0 Å². The maximum Gasteiger partial charge on any atom is 0.00301 e. The lowest BCUT2D eigenvalue weighted by Gasteiger charge is -2.15. The molecule has 2 heterocycles. The van der Waals surface area contributed by atoms with E-state index in [-0.39, 0.29) is 0 Å². The minimum absolute atomic E-state index is 0.592. The van der Waals surface area contributed by atoms with Crippen LogP contribution >= 0.6 is 0 Å². The van der Waals surface area contributed by atoms with Crippen LogP contribution in [0, 0.1) is 11.3 Å². The first-order chi connectivity index (χ1) is 6.89. The lowest BCUT2D eigenvalue weighted by atomic mass is 9.93. The zero-order chi connectivity index (χ0) is 11.5.